The molecule has 21 heteroatoms. The standard InChI is InChI=1S/C20H20F2N2O5S.C19H20F2N4O4S/c1-29-19(25)14-5-6-15(18(22)11-14)13-24(17-4-2-3-16(21)12-17)20(26)23-7-9-30(27,28)10-8-23;20-15-2-1-3-16(11-15)25(19(27)24-6-8-30(28,29)9-7-24)12-14-5-4-13(10-17(14)21)18(26)23-22/h2-6,11-12H,7-10,13H2,1H3;1-5,10-11H,6-9,12,22H2,(H,23,26). The van der Waals surface area contributed by atoms with E-state index in [1.54, 1.807) is 0 Å². The molecule has 0 bridgehead atoms. The molecule has 2 saturated heterocycles. The molecule has 2 aliphatic heterocycles. The highest BCUT2D eigenvalue weighted by Crippen LogP contribution is 2.25. The van der Waals surface area contributed by atoms with Crippen LogP contribution in [0.25, 0.3) is 0 Å². The first kappa shape index (κ1) is 45.0. The largest absolute Gasteiger partial charge is 0.465 e. The molecule has 2 heterocycles. The van der Waals surface area contributed by atoms with E-state index in [2.05, 4.69) is 4.74 Å². The van der Waals surface area contributed by atoms with E-state index in [1.807, 2.05) is 5.43 Å². The molecule has 4 aromatic rings. The number of urea groups is 2. The summed E-state index contributed by atoms with van der Waals surface area (Å²) in [5, 5.41) is 0. The van der Waals surface area contributed by atoms with Crippen molar-refractivity contribution in [2.24, 2.45) is 5.84 Å². The van der Waals surface area contributed by atoms with Gasteiger partial charge in [-0.3, -0.25) is 20.0 Å². The molecule has 4 aromatic carbocycles. The van der Waals surface area contributed by atoms with Gasteiger partial charge in [0.2, 0.25) is 0 Å². The molecule has 0 saturated carbocycles. The number of halogens is 4. The molecule has 5 amide bonds. The Morgan fingerprint density at radius 1 is 0.633 bits per heavy atom. The number of hydrogen-bond acceptors (Lipinski definition) is 10. The van der Waals surface area contributed by atoms with Crippen LogP contribution in [0, 0.1) is 23.3 Å². The molecule has 0 spiro atoms. The van der Waals surface area contributed by atoms with Crippen molar-refractivity contribution in [1.29, 1.82) is 0 Å². The van der Waals surface area contributed by atoms with Crippen molar-refractivity contribution in [3.05, 3.63) is 130 Å². The molecule has 0 unspecified atom stereocenters. The topological polar surface area (TPSA) is 197 Å². The van der Waals surface area contributed by atoms with Crippen LogP contribution in [0.15, 0.2) is 84.9 Å². The number of anilines is 2. The van der Waals surface area contributed by atoms with E-state index < -0.39 is 66.9 Å². The SMILES string of the molecule is COC(=O)c1ccc(CN(C(=O)N2CCS(=O)(=O)CC2)c2cccc(F)c2)c(F)c1.NNC(=O)c1ccc(CN(C(=O)N2CCS(=O)(=O)CC2)c2cccc(F)c2)c(F)c1. The summed E-state index contributed by atoms with van der Waals surface area (Å²) < 4.78 is 108. The summed E-state index contributed by atoms with van der Waals surface area (Å²) in [5.41, 5.74) is 2.50. The van der Waals surface area contributed by atoms with E-state index >= 15 is 0 Å². The molecule has 2 aliphatic rings. The van der Waals surface area contributed by atoms with Crippen LogP contribution in [0.4, 0.5) is 38.5 Å². The second-order valence-electron chi connectivity index (χ2n) is 13.6. The van der Waals surface area contributed by atoms with E-state index in [9.17, 15) is 53.6 Å². The van der Waals surface area contributed by atoms with Crippen molar-refractivity contribution in [3.8, 4) is 0 Å². The number of nitrogens with one attached hydrogen (secondary N) is 1. The quantitative estimate of drug-likeness (QED) is 0.0858. The van der Waals surface area contributed by atoms with Crippen LogP contribution in [0.1, 0.15) is 31.8 Å². The third-order valence-electron chi connectivity index (χ3n) is 9.51. The van der Waals surface area contributed by atoms with Crippen molar-refractivity contribution < 1.29 is 58.3 Å². The van der Waals surface area contributed by atoms with Crippen molar-refractivity contribution >= 4 is 55.0 Å². The minimum atomic E-state index is -3.21. The van der Waals surface area contributed by atoms with E-state index in [4.69, 9.17) is 5.84 Å². The normalized spacial score (nSPS) is 15.5. The Labute approximate surface area is 343 Å². The number of nitrogens with zero attached hydrogens (tertiary/aromatic N) is 4. The maximum Gasteiger partial charge on any atom is 0.337 e. The summed E-state index contributed by atoms with van der Waals surface area (Å²) in [4.78, 5) is 54.3. The van der Waals surface area contributed by atoms with Gasteiger partial charge in [-0.2, -0.15) is 0 Å². The van der Waals surface area contributed by atoms with Gasteiger partial charge in [-0.1, -0.05) is 24.3 Å². The Morgan fingerprint density at radius 3 is 1.40 bits per heavy atom. The molecular formula is C39H40F4N6O9S2. The van der Waals surface area contributed by atoms with Crippen LogP contribution >= 0.6 is 0 Å². The number of carbonyl (C=O) groups excluding carboxylic acids is 4. The molecule has 2 fully saturated rings. The second kappa shape index (κ2) is 19.3. The fraction of sp³-hybridized carbons (Fsp3) is 0.282. The lowest BCUT2D eigenvalue weighted by atomic mass is 10.1. The van der Waals surface area contributed by atoms with Gasteiger partial charge in [0.1, 0.15) is 23.3 Å². The third-order valence-corrected chi connectivity index (χ3v) is 12.7. The summed E-state index contributed by atoms with van der Waals surface area (Å²) in [6.45, 7) is -0.510. The molecule has 60 heavy (non-hydrogen) atoms. The van der Waals surface area contributed by atoms with Gasteiger partial charge >= 0.3 is 18.0 Å². The Kier molecular flexibility index (Phi) is 14.5. The third kappa shape index (κ3) is 11.6. The number of sulfone groups is 2. The van der Waals surface area contributed by atoms with Gasteiger partial charge in [-0.15, -0.1) is 0 Å². The zero-order chi connectivity index (χ0) is 43.8. The molecule has 3 N–H and O–H groups in total. The molecule has 0 aromatic heterocycles. The van der Waals surface area contributed by atoms with Crippen LogP contribution < -0.4 is 21.1 Å². The lowest BCUT2D eigenvalue weighted by Crippen LogP contribution is -2.49. The summed E-state index contributed by atoms with van der Waals surface area (Å²) in [6, 6.07) is 16.8. The number of rotatable bonds is 8. The summed E-state index contributed by atoms with van der Waals surface area (Å²) >= 11 is 0. The van der Waals surface area contributed by atoms with Gasteiger partial charge in [0.05, 0.1) is 48.8 Å². The zero-order valence-corrected chi connectivity index (χ0v) is 33.7. The smallest absolute Gasteiger partial charge is 0.337 e. The maximum atomic E-state index is 14.6. The number of nitrogens with two attached hydrogens (primary N) is 1. The highest BCUT2D eigenvalue weighted by Gasteiger charge is 2.31. The fourth-order valence-corrected chi connectivity index (χ4v) is 8.54. The number of amides is 5. The van der Waals surface area contributed by atoms with E-state index in [-0.39, 0.29) is 95.9 Å². The van der Waals surface area contributed by atoms with Crippen molar-refractivity contribution in [1.82, 2.24) is 15.2 Å². The van der Waals surface area contributed by atoms with E-state index in [1.165, 1.54) is 87.4 Å². The average molecular weight is 877 g/mol. The molecule has 15 nitrogen and oxygen atoms in total. The number of benzene rings is 4. The molecule has 0 aliphatic carbocycles. The second-order valence-corrected chi connectivity index (χ2v) is 18.2. The van der Waals surface area contributed by atoms with Gasteiger partial charge in [0.25, 0.3) is 5.91 Å². The zero-order valence-electron chi connectivity index (χ0n) is 32.0. The van der Waals surface area contributed by atoms with E-state index in [0.717, 1.165) is 24.3 Å². The van der Waals surface area contributed by atoms with Crippen LogP contribution in [0.3, 0.4) is 0 Å². The summed E-state index contributed by atoms with van der Waals surface area (Å²) in [5.74, 6) is 0.357. The average Bonchev–Trinajstić information content (AvgIpc) is 3.22. The molecule has 320 valence electrons. The highest BCUT2D eigenvalue weighted by molar-refractivity contribution is 7.91. The Morgan fingerprint density at radius 2 is 1.03 bits per heavy atom. The molecular weight excluding hydrogens is 837 g/mol. The van der Waals surface area contributed by atoms with Crippen molar-refractivity contribution in [3.63, 3.8) is 0 Å². The van der Waals surface area contributed by atoms with Crippen LogP contribution in [0.5, 0.6) is 0 Å². The number of carbonyl (C=O) groups is 4. The summed E-state index contributed by atoms with van der Waals surface area (Å²) in [7, 11) is -5.23. The van der Waals surface area contributed by atoms with Crippen molar-refractivity contribution in [2.45, 2.75) is 13.1 Å². The van der Waals surface area contributed by atoms with E-state index in [0.29, 0.717) is 0 Å². The highest BCUT2D eigenvalue weighted by atomic mass is 32.2. The molecule has 6 rings (SSSR count). The Balaban J connectivity index is 0.000000228. The Bertz CT molecular complexity index is 2300. The fourth-order valence-electron chi connectivity index (χ4n) is 6.14. The van der Waals surface area contributed by atoms with Crippen molar-refractivity contribution in [2.75, 3.05) is 66.1 Å². The minimum absolute atomic E-state index is 0.00323. The lowest BCUT2D eigenvalue weighted by molar-refractivity contribution is 0.0599. The first-order chi connectivity index (χ1) is 28.4. The Hall–Kier alpha value is -6.06. The monoisotopic (exact) mass is 876 g/mol. The van der Waals surface area contributed by atoms with Gasteiger partial charge < -0.3 is 14.5 Å². The number of ether oxygens (including phenoxy) is 1. The van der Waals surface area contributed by atoms with Gasteiger partial charge in [-0.05, 0) is 60.7 Å². The van der Waals surface area contributed by atoms with Gasteiger partial charge in [0.15, 0.2) is 19.7 Å². The van der Waals surface area contributed by atoms with Gasteiger partial charge in [-0.25, -0.2) is 54.6 Å². The molecule has 0 atom stereocenters. The minimum Gasteiger partial charge on any atom is -0.465 e. The van der Waals surface area contributed by atoms with Crippen LogP contribution in [0.2, 0.25) is 0 Å². The number of esters is 1. The van der Waals surface area contributed by atoms with Gasteiger partial charge in [0, 0.05) is 54.2 Å². The number of hydrazine groups is 1. The molecule has 0 radical (unpaired) electrons. The predicted molar refractivity (Wildman–Crippen MR) is 212 cm³/mol. The summed E-state index contributed by atoms with van der Waals surface area (Å²) in [6.07, 6.45) is 0. The number of methoxy groups -OCH3 is 1. The number of nitrogen functional groups attached to an aromatic ring is 1. The van der Waals surface area contributed by atoms with Crippen LogP contribution in [-0.4, -0.2) is 107 Å². The maximum absolute atomic E-state index is 14.6. The number of hydrogen-bond donors (Lipinski definition) is 2. The first-order valence-corrected chi connectivity index (χ1v) is 21.8. The lowest BCUT2D eigenvalue weighted by Gasteiger charge is -2.33. The first-order valence-electron chi connectivity index (χ1n) is 18.1. The van der Waals surface area contributed by atoms with Crippen LogP contribution in [-0.2, 0) is 37.5 Å². The predicted octanol–water partition coefficient (Wildman–Crippen LogP) is 4.03.